The molecule has 0 saturated carbocycles. The first kappa shape index (κ1) is 20.2. The number of aldehydes is 1. The fourth-order valence-electron chi connectivity index (χ4n) is 3.82. The summed E-state index contributed by atoms with van der Waals surface area (Å²) < 4.78 is 16.6. The molecule has 4 rings (SSSR count). The molecule has 2 aromatic rings. The number of fused-ring (bicyclic) bond motifs is 1. The molecule has 0 aliphatic carbocycles. The molecule has 1 unspecified atom stereocenters. The lowest BCUT2D eigenvalue weighted by Crippen LogP contribution is -2.52. The van der Waals surface area contributed by atoms with Gasteiger partial charge in [0.1, 0.15) is 17.8 Å². The zero-order chi connectivity index (χ0) is 20.9. The Bertz CT molecular complexity index is 893. The second kappa shape index (κ2) is 9.17. The Morgan fingerprint density at radius 1 is 1.20 bits per heavy atom. The fourth-order valence-corrected chi connectivity index (χ4v) is 3.82. The molecular weight excluding hydrogens is 384 g/mol. The van der Waals surface area contributed by atoms with Crippen molar-refractivity contribution in [2.75, 3.05) is 31.8 Å². The average Bonchev–Trinajstić information content (AvgIpc) is 2.80. The summed E-state index contributed by atoms with van der Waals surface area (Å²) >= 11 is 0. The summed E-state index contributed by atoms with van der Waals surface area (Å²) in [5.41, 5.74) is 2.46. The lowest BCUT2D eigenvalue weighted by atomic mass is 10.1. The lowest BCUT2D eigenvalue weighted by Gasteiger charge is -2.36. The predicted octanol–water partition coefficient (Wildman–Crippen LogP) is 2.57. The van der Waals surface area contributed by atoms with Crippen LogP contribution >= 0.6 is 0 Å². The van der Waals surface area contributed by atoms with Crippen LogP contribution in [0.4, 0.5) is 5.69 Å². The van der Waals surface area contributed by atoms with E-state index < -0.39 is 6.10 Å². The first-order chi connectivity index (χ1) is 14.7. The molecule has 0 spiro atoms. The maximum Gasteiger partial charge on any atom is 0.263 e. The summed E-state index contributed by atoms with van der Waals surface area (Å²) in [5.74, 6) is 1.28. The van der Waals surface area contributed by atoms with E-state index >= 15 is 0 Å². The van der Waals surface area contributed by atoms with Gasteiger partial charge in [-0.15, -0.1) is 0 Å². The first-order valence-corrected chi connectivity index (χ1v) is 10.2. The van der Waals surface area contributed by atoms with Gasteiger partial charge in [-0.1, -0.05) is 12.1 Å². The van der Waals surface area contributed by atoms with Gasteiger partial charge in [-0.2, -0.15) is 0 Å². The maximum absolute atomic E-state index is 12.9. The SMILES string of the molecule is COc1ccc(CN2CC(C(=O)NC3CCOCC3)Oc3ccc(C=O)cc32)cc1. The van der Waals surface area contributed by atoms with Gasteiger partial charge in [-0.3, -0.25) is 9.59 Å². The number of nitrogens with one attached hydrogen (secondary N) is 1. The zero-order valence-corrected chi connectivity index (χ0v) is 17.0. The van der Waals surface area contributed by atoms with Gasteiger partial charge in [0.15, 0.2) is 6.10 Å². The van der Waals surface area contributed by atoms with Gasteiger partial charge in [-0.25, -0.2) is 0 Å². The van der Waals surface area contributed by atoms with Gasteiger partial charge in [0.25, 0.3) is 5.91 Å². The number of carbonyl (C=O) groups is 2. The van der Waals surface area contributed by atoms with E-state index in [2.05, 4.69) is 10.2 Å². The lowest BCUT2D eigenvalue weighted by molar-refractivity contribution is -0.129. The van der Waals surface area contributed by atoms with Crippen LogP contribution in [-0.2, 0) is 16.1 Å². The van der Waals surface area contributed by atoms with Crippen LogP contribution in [0, 0.1) is 0 Å². The van der Waals surface area contributed by atoms with Crippen LogP contribution in [0.2, 0.25) is 0 Å². The minimum atomic E-state index is -0.624. The number of hydrogen-bond donors (Lipinski definition) is 1. The van der Waals surface area contributed by atoms with Crippen molar-refractivity contribution in [2.24, 2.45) is 0 Å². The molecule has 1 fully saturated rings. The number of rotatable bonds is 6. The molecular formula is C23H26N2O5. The van der Waals surface area contributed by atoms with E-state index in [9.17, 15) is 9.59 Å². The molecule has 1 atom stereocenters. The molecule has 1 N–H and O–H groups in total. The van der Waals surface area contributed by atoms with Crippen LogP contribution in [0.1, 0.15) is 28.8 Å². The van der Waals surface area contributed by atoms with Gasteiger partial charge in [0.05, 0.1) is 19.3 Å². The Hall–Kier alpha value is -3.06. The van der Waals surface area contributed by atoms with Gasteiger partial charge < -0.3 is 24.4 Å². The molecule has 158 valence electrons. The highest BCUT2D eigenvalue weighted by atomic mass is 16.5. The Kier molecular flexibility index (Phi) is 6.18. The molecule has 1 amide bonds. The van der Waals surface area contributed by atoms with Crippen LogP contribution in [0.15, 0.2) is 42.5 Å². The normalized spacial score (nSPS) is 18.8. The van der Waals surface area contributed by atoms with Gasteiger partial charge >= 0.3 is 0 Å². The first-order valence-electron chi connectivity index (χ1n) is 10.2. The third-order valence-corrected chi connectivity index (χ3v) is 5.51. The number of nitrogens with zero attached hydrogens (tertiary/aromatic N) is 1. The molecule has 0 radical (unpaired) electrons. The maximum atomic E-state index is 12.9. The number of benzene rings is 2. The van der Waals surface area contributed by atoms with Gasteiger partial charge in [0.2, 0.25) is 0 Å². The molecule has 0 aromatic heterocycles. The third kappa shape index (κ3) is 4.57. The van der Waals surface area contributed by atoms with Crippen LogP contribution in [0.25, 0.3) is 0 Å². The summed E-state index contributed by atoms with van der Waals surface area (Å²) in [4.78, 5) is 26.3. The Balaban J connectivity index is 1.54. The van der Waals surface area contributed by atoms with E-state index in [0.717, 1.165) is 36.1 Å². The Labute approximate surface area is 175 Å². The largest absolute Gasteiger partial charge is 0.497 e. The highest BCUT2D eigenvalue weighted by Gasteiger charge is 2.32. The van der Waals surface area contributed by atoms with E-state index in [-0.39, 0.29) is 11.9 Å². The molecule has 2 aromatic carbocycles. The second-order valence-electron chi connectivity index (χ2n) is 7.58. The molecule has 2 heterocycles. The summed E-state index contributed by atoms with van der Waals surface area (Å²) in [5, 5.41) is 3.10. The number of carbonyl (C=O) groups excluding carboxylic acids is 2. The van der Waals surface area contributed by atoms with Crippen LogP contribution in [0.5, 0.6) is 11.5 Å². The molecule has 0 bridgehead atoms. The molecule has 1 saturated heterocycles. The van der Waals surface area contributed by atoms with Crippen molar-refractivity contribution in [1.29, 1.82) is 0 Å². The summed E-state index contributed by atoms with van der Waals surface area (Å²) in [6.45, 7) is 2.31. The standard InChI is InChI=1S/C23H26N2O5/c1-28-19-5-2-16(3-6-19)13-25-14-22(23(27)24-18-8-10-29-11-9-18)30-21-7-4-17(15-26)12-20(21)25/h2-7,12,15,18,22H,8-11,13-14H2,1H3,(H,24,27). The number of methoxy groups -OCH3 is 1. The summed E-state index contributed by atoms with van der Waals surface area (Å²) in [7, 11) is 1.63. The average molecular weight is 410 g/mol. The minimum Gasteiger partial charge on any atom is -0.497 e. The number of amides is 1. The number of anilines is 1. The Morgan fingerprint density at radius 3 is 2.67 bits per heavy atom. The van der Waals surface area contributed by atoms with Crippen molar-refractivity contribution in [2.45, 2.75) is 31.5 Å². The van der Waals surface area contributed by atoms with E-state index in [1.165, 1.54) is 0 Å². The summed E-state index contributed by atoms with van der Waals surface area (Å²) in [6, 6.07) is 13.2. The monoisotopic (exact) mass is 410 g/mol. The van der Waals surface area contributed by atoms with Crippen molar-refractivity contribution < 1.29 is 23.8 Å². The van der Waals surface area contributed by atoms with Gasteiger partial charge in [-0.05, 0) is 48.7 Å². The molecule has 2 aliphatic rings. The van der Waals surface area contributed by atoms with Crippen molar-refractivity contribution in [1.82, 2.24) is 5.32 Å². The smallest absolute Gasteiger partial charge is 0.263 e. The van der Waals surface area contributed by atoms with Crippen molar-refractivity contribution >= 4 is 17.9 Å². The highest BCUT2D eigenvalue weighted by molar-refractivity contribution is 5.85. The van der Waals surface area contributed by atoms with E-state index in [4.69, 9.17) is 14.2 Å². The quantitative estimate of drug-likeness (QED) is 0.738. The predicted molar refractivity (Wildman–Crippen MR) is 112 cm³/mol. The highest BCUT2D eigenvalue weighted by Crippen LogP contribution is 2.35. The second-order valence-corrected chi connectivity index (χ2v) is 7.58. The summed E-state index contributed by atoms with van der Waals surface area (Å²) in [6.07, 6.45) is 1.82. The van der Waals surface area contributed by atoms with E-state index in [0.29, 0.717) is 37.6 Å². The number of ether oxygens (including phenoxy) is 3. The van der Waals surface area contributed by atoms with Crippen LogP contribution in [-0.4, -0.2) is 51.2 Å². The van der Waals surface area contributed by atoms with Gasteiger partial charge in [0, 0.05) is 31.4 Å². The van der Waals surface area contributed by atoms with E-state index in [1.807, 2.05) is 24.3 Å². The van der Waals surface area contributed by atoms with Crippen molar-refractivity contribution in [3.05, 3.63) is 53.6 Å². The zero-order valence-electron chi connectivity index (χ0n) is 17.0. The molecule has 7 heteroatoms. The molecule has 30 heavy (non-hydrogen) atoms. The van der Waals surface area contributed by atoms with Crippen LogP contribution in [0.3, 0.4) is 0 Å². The molecule has 7 nitrogen and oxygen atoms in total. The van der Waals surface area contributed by atoms with Crippen molar-refractivity contribution in [3.8, 4) is 11.5 Å². The van der Waals surface area contributed by atoms with Crippen molar-refractivity contribution in [3.63, 3.8) is 0 Å². The third-order valence-electron chi connectivity index (χ3n) is 5.51. The van der Waals surface area contributed by atoms with E-state index in [1.54, 1.807) is 25.3 Å². The fraction of sp³-hybridized carbons (Fsp3) is 0.391. The van der Waals surface area contributed by atoms with Crippen LogP contribution < -0.4 is 19.7 Å². The topological polar surface area (TPSA) is 77.1 Å². The minimum absolute atomic E-state index is 0.115. The number of hydrogen-bond acceptors (Lipinski definition) is 6. The molecule has 2 aliphatic heterocycles. The Morgan fingerprint density at radius 2 is 1.97 bits per heavy atom.